The maximum atomic E-state index is 9.87. The van der Waals surface area contributed by atoms with Crippen LogP contribution < -0.4 is 0 Å². The number of nitrogens with zero attached hydrogens (tertiary/aromatic N) is 1. The van der Waals surface area contributed by atoms with Crippen LogP contribution in [0.4, 0.5) is 0 Å². The van der Waals surface area contributed by atoms with E-state index in [-0.39, 0.29) is 6.23 Å². The highest BCUT2D eigenvalue weighted by Crippen LogP contribution is 1.97. The molecule has 0 fully saturated rings. The van der Waals surface area contributed by atoms with E-state index in [9.17, 15) is 9.59 Å². The number of unbranched alkanes of at least 4 members (excludes halogenated alkanes) is 4. The summed E-state index contributed by atoms with van der Waals surface area (Å²) in [5.41, 5.74) is 0. The fourth-order valence-corrected chi connectivity index (χ4v) is 1.80. The number of carboxylic acids is 2. The van der Waals surface area contributed by atoms with Crippen LogP contribution in [0.15, 0.2) is 0 Å². The molecule has 0 aromatic carbocycles. The van der Waals surface area contributed by atoms with Crippen molar-refractivity contribution in [3.63, 3.8) is 0 Å². The third kappa shape index (κ3) is 28.9. The van der Waals surface area contributed by atoms with Crippen molar-refractivity contribution in [2.45, 2.75) is 92.2 Å². The number of hydrogen-bond donors (Lipinski definition) is 3. The van der Waals surface area contributed by atoms with E-state index in [0.717, 1.165) is 51.6 Å². The third-order valence-corrected chi connectivity index (χ3v) is 3.33. The Kier molecular flexibility index (Phi) is 25.2. The standard InChI is InChI=1S/C6H15NO.2C6H12O2/c1-4-7(5-2)6(3)8;2*1-2-3-4-5-6(7)8/h6,8H,4-5H2,1-3H3;2*2-5H2,1H3,(H,7,8). The van der Waals surface area contributed by atoms with Gasteiger partial charge in [-0.3, -0.25) is 14.5 Å². The Morgan fingerprint density at radius 1 is 0.792 bits per heavy atom. The molecule has 0 heterocycles. The zero-order chi connectivity index (χ0) is 19.4. The Hall–Kier alpha value is -1.14. The number of aliphatic hydroxyl groups excluding tert-OH is 1. The first-order valence-electron chi connectivity index (χ1n) is 9.12. The summed E-state index contributed by atoms with van der Waals surface area (Å²) in [5.74, 6) is -1.36. The highest BCUT2D eigenvalue weighted by atomic mass is 16.4. The summed E-state index contributed by atoms with van der Waals surface area (Å²) in [6.07, 6.45) is 6.27. The average molecular weight is 350 g/mol. The molecule has 146 valence electrons. The maximum absolute atomic E-state index is 9.87. The van der Waals surface area contributed by atoms with Crippen LogP contribution in [0.2, 0.25) is 0 Å². The monoisotopic (exact) mass is 349 g/mol. The van der Waals surface area contributed by atoms with Crippen molar-refractivity contribution < 1.29 is 24.9 Å². The first kappa shape index (κ1) is 27.7. The Bertz CT molecular complexity index is 259. The summed E-state index contributed by atoms with van der Waals surface area (Å²) in [6, 6.07) is 0. The molecule has 24 heavy (non-hydrogen) atoms. The van der Waals surface area contributed by atoms with Crippen LogP contribution in [0.5, 0.6) is 0 Å². The first-order chi connectivity index (χ1) is 11.3. The van der Waals surface area contributed by atoms with Crippen LogP contribution in [0, 0.1) is 0 Å². The molecule has 1 atom stereocenters. The lowest BCUT2D eigenvalue weighted by Crippen LogP contribution is -2.32. The zero-order valence-corrected chi connectivity index (χ0v) is 16.3. The van der Waals surface area contributed by atoms with E-state index in [4.69, 9.17) is 15.3 Å². The van der Waals surface area contributed by atoms with Crippen LogP contribution in [0.3, 0.4) is 0 Å². The predicted molar refractivity (Wildman–Crippen MR) is 98.2 cm³/mol. The molecule has 0 radical (unpaired) electrons. The van der Waals surface area contributed by atoms with E-state index in [2.05, 4.69) is 13.8 Å². The molecule has 3 N–H and O–H groups in total. The smallest absolute Gasteiger partial charge is 0.303 e. The lowest BCUT2D eigenvalue weighted by Gasteiger charge is -2.20. The molecule has 6 nitrogen and oxygen atoms in total. The fourth-order valence-electron chi connectivity index (χ4n) is 1.80. The Morgan fingerprint density at radius 2 is 1.12 bits per heavy atom. The number of carbonyl (C=O) groups is 2. The lowest BCUT2D eigenvalue weighted by molar-refractivity contribution is -0.138. The van der Waals surface area contributed by atoms with E-state index in [1.807, 2.05) is 18.7 Å². The van der Waals surface area contributed by atoms with Gasteiger partial charge in [-0.2, -0.15) is 0 Å². The summed E-state index contributed by atoms with van der Waals surface area (Å²) in [6.45, 7) is 11.8. The van der Waals surface area contributed by atoms with E-state index in [1.54, 1.807) is 6.92 Å². The number of aliphatic carboxylic acids is 2. The van der Waals surface area contributed by atoms with Crippen molar-refractivity contribution in [1.82, 2.24) is 4.90 Å². The normalized spacial score (nSPS) is 11.0. The van der Waals surface area contributed by atoms with Gasteiger partial charge < -0.3 is 15.3 Å². The predicted octanol–water partition coefficient (Wildman–Crippen LogP) is 3.97. The summed E-state index contributed by atoms with van der Waals surface area (Å²) in [7, 11) is 0. The van der Waals surface area contributed by atoms with E-state index >= 15 is 0 Å². The van der Waals surface area contributed by atoms with Crippen LogP contribution in [0.1, 0.15) is 86.0 Å². The van der Waals surface area contributed by atoms with E-state index in [0.29, 0.717) is 12.8 Å². The number of aliphatic hydroxyl groups is 1. The van der Waals surface area contributed by atoms with E-state index in [1.165, 1.54) is 0 Å². The molecular formula is C18H39NO5. The van der Waals surface area contributed by atoms with Gasteiger partial charge in [0.1, 0.15) is 6.23 Å². The Balaban J connectivity index is -0.000000276. The molecule has 1 unspecified atom stereocenters. The second kappa shape index (κ2) is 21.9. The van der Waals surface area contributed by atoms with Gasteiger partial charge in [-0.25, -0.2) is 0 Å². The minimum atomic E-state index is -0.682. The minimum Gasteiger partial charge on any atom is -0.481 e. The van der Waals surface area contributed by atoms with Crippen molar-refractivity contribution in [2.24, 2.45) is 0 Å². The molecule has 0 aliphatic carbocycles. The average Bonchev–Trinajstić information content (AvgIpc) is 2.49. The summed E-state index contributed by atoms with van der Waals surface area (Å²) in [5, 5.41) is 25.2. The summed E-state index contributed by atoms with van der Waals surface area (Å²) >= 11 is 0. The molecule has 0 amide bonds. The van der Waals surface area contributed by atoms with Gasteiger partial charge in [0.05, 0.1) is 0 Å². The van der Waals surface area contributed by atoms with Crippen LogP contribution in [-0.2, 0) is 9.59 Å². The SMILES string of the molecule is CCCCCC(=O)O.CCCCCC(=O)O.CCN(CC)C(C)O. The van der Waals surface area contributed by atoms with Crippen LogP contribution >= 0.6 is 0 Å². The molecule has 0 aromatic heterocycles. The molecule has 0 bridgehead atoms. The zero-order valence-electron chi connectivity index (χ0n) is 16.3. The van der Waals surface area contributed by atoms with Crippen LogP contribution in [0.25, 0.3) is 0 Å². The molecule has 0 rings (SSSR count). The molecular weight excluding hydrogens is 310 g/mol. The van der Waals surface area contributed by atoms with Gasteiger partial charge in [0.25, 0.3) is 0 Å². The van der Waals surface area contributed by atoms with Gasteiger partial charge in [0.2, 0.25) is 0 Å². The minimum absolute atomic E-state index is 0.287. The maximum Gasteiger partial charge on any atom is 0.303 e. The van der Waals surface area contributed by atoms with Crippen molar-refractivity contribution in [3.05, 3.63) is 0 Å². The highest BCUT2D eigenvalue weighted by molar-refractivity contribution is 5.66. The summed E-state index contributed by atoms with van der Waals surface area (Å²) < 4.78 is 0. The molecule has 0 saturated carbocycles. The molecule has 0 aromatic rings. The van der Waals surface area contributed by atoms with Gasteiger partial charge in [0.15, 0.2) is 0 Å². The van der Waals surface area contributed by atoms with Crippen LogP contribution in [-0.4, -0.2) is 51.5 Å². The van der Waals surface area contributed by atoms with Crippen molar-refractivity contribution in [1.29, 1.82) is 0 Å². The number of rotatable bonds is 11. The molecule has 0 aliphatic rings. The lowest BCUT2D eigenvalue weighted by atomic mass is 10.2. The number of carboxylic acid groups (broad SMARTS) is 2. The first-order valence-corrected chi connectivity index (χ1v) is 9.12. The molecule has 0 aliphatic heterocycles. The highest BCUT2D eigenvalue weighted by Gasteiger charge is 2.02. The topological polar surface area (TPSA) is 98.1 Å². The second-order valence-corrected chi connectivity index (χ2v) is 5.55. The third-order valence-electron chi connectivity index (χ3n) is 3.33. The Labute approximate surface area is 147 Å². The quantitative estimate of drug-likeness (QED) is 0.386. The van der Waals surface area contributed by atoms with Crippen molar-refractivity contribution in [2.75, 3.05) is 13.1 Å². The van der Waals surface area contributed by atoms with Gasteiger partial charge >= 0.3 is 11.9 Å². The second-order valence-electron chi connectivity index (χ2n) is 5.55. The van der Waals surface area contributed by atoms with Gasteiger partial charge in [-0.1, -0.05) is 53.4 Å². The van der Waals surface area contributed by atoms with E-state index < -0.39 is 11.9 Å². The number of hydrogen-bond acceptors (Lipinski definition) is 4. The largest absolute Gasteiger partial charge is 0.481 e. The van der Waals surface area contributed by atoms with Gasteiger partial charge in [-0.15, -0.1) is 0 Å². The van der Waals surface area contributed by atoms with Gasteiger partial charge in [0, 0.05) is 12.8 Å². The molecule has 0 saturated heterocycles. The fraction of sp³-hybridized carbons (Fsp3) is 0.889. The van der Waals surface area contributed by atoms with Gasteiger partial charge in [-0.05, 0) is 32.9 Å². The van der Waals surface area contributed by atoms with Crippen molar-refractivity contribution in [3.8, 4) is 0 Å². The molecule has 6 heteroatoms. The van der Waals surface area contributed by atoms with Crippen molar-refractivity contribution >= 4 is 11.9 Å². The summed E-state index contributed by atoms with van der Waals surface area (Å²) in [4.78, 5) is 21.7. The molecule has 0 spiro atoms. The Morgan fingerprint density at radius 3 is 1.25 bits per heavy atom.